The molecule has 35 heavy (non-hydrogen) atoms. The highest BCUT2D eigenvalue weighted by molar-refractivity contribution is 7.80. The summed E-state index contributed by atoms with van der Waals surface area (Å²) < 4.78 is 60.5. The maximum atomic E-state index is 14.2. The van der Waals surface area contributed by atoms with Crippen LogP contribution in [0.1, 0.15) is 15.9 Å². The summed E-state index contributed by atoms with van der Waals surface area (Å²) in [6.07, 6.45) is 0. The summed E-state index contributed by atoms with van der Waals surface area (Å²) in [5.74, 6) is -10.4. The standard InChI is InChI=1S/C22H14ClF4N5O2S/c1-9-3-5-10(6-4-9)32-30-13-7-11(23)12(8-14(13)31-32)28-22(35)29-21(33)15-16(24)18(26)20(34-2)19(27)17(15)25/h3-8H,1-2H3,(H2,28,29,33,35). The van der Waals surface area contributed by atoms with Crippen LogP contribution in [0.2, 0.25) is 5.02 Å². The smallest absolute Gasteiger partial charge is 0.263 e. The van der Waals surface area contributed by atoms with Crippen molar-refractivity contribution in [2.45, 2.75) is 6.92 Å². The number of fused-ring (bicyclic) bond motifs is 1. The Bertz CT molecular complexity index is 1460. The van der Waals surface area contributed by atoms with Gasteiger partial charge in [-0.15, -0.1) is 10.2 Å². The van der Waals surface area contributed by atoms with Crippen LogP contribution in [0.5, 0.6) is 5.75 Å². The van der Waals surface area contributed by atoms with Gasteiger partial charge in [0, 0.05) is 0 Å². The molecule has 0 atom stereocenters. The number of aryl methyl sites for hydroxylation is 1. The minimum Gasteiger partial charge on any atom is -0.491 e. The molecule has 1 heterocycles. The molecule has 0 aliphatic heterocycles. The summed E-state index contributed by atoms with van der Waals surface area (Å²) in [4.78, 5) is 13.7. The van der Waals surface area contributed by atoms with Crippen LogP contribution in [0, 0.1) is 30.2 Å². The number of aromatic nitrogens is 3. The maximum Gasteiger partial charge on any atom is 0.263 e. The Morgan fingerprint density at radius 3 is 2.14 bits per heavy atom. The van der Waals surface area contributed by atoms with E-state index in [1.807, 2.05) is 36.5 Å². The summed E-state index contributed by atoms with van der Waals surface area (Å²) in [6.45, 7) is 1.95. The SMILES string of the molecule is COc1c(F)c(F)c(C(=O)NC(=S)Nc2cc3nn(-c4ccc(C)cc4)nc3cc2Cl)c(F)c1F. The summed E-state index contributed by atoms with van der Waals surface area (Å²) >= 11 is 11.2. The lowest BCUT2D eigenvalue weighted by molar-refractivity contribution is 0.0966. The number of carbonyl (C=O) groups excluding carboxylic acids is 1. The van der Waals surface area contributed by atoms with E-state index in [2.05, 4.69) is 20.3 Å². The van der Waals surface area contributed by atoms with Crippen molar-refractivity contribution in [2.75, 3.05) is 12.4 Å². The van der Waals surface area contributed by atoms with Crippen LogP contribution in [-0.2, 0) is 0 Å². The number of methoxy groups -OCH3 is 1. The molecule has 1 aromatic heterocycles. The molecule has 0 radical (unpaired) electrons. The number of ether oxygens (including phenoxy) is 1. The van der Waals surface area contributed by atoms with Crippen LogP contribution in [0.3, 0.4) is 0 Å². The second-order valence-electron chi connectivity index (χ2n) is 7.22. The van der Waals surface area contributed by atoms with E-state index in [9.17, 15) is 22.4 Å². The number of thiocarbonyl (C=S) groups is 1. The molecule has 0 bridgehead atoms. The number of rotatable bonds is 4. The summed E-state index contributed by atoms with van der Waals surface area (Å²) in [5, 5.41) is 13.0. The Labute approximate surface area is 205 Å². The number of amides is 1. The van der Waals surface area contributed by atoms with Gasteiger partial charge in [0.25, 0.3) is 5.91 Å². The normalized spacial score (nSPS) is 10.9. The van der Waals surface area contributed by atoms with Crippen molar-refractivity contribution in [2.24, 2.45) is 0 Å². The molecule has 0 aliphatic rings. The second-order valence-corrected chi connectivity index (χ2v) is 8.03. The van der Waals surface area contributed by atoms with Gasteiger partial charge in [-0.25, -0.2) is 8.78 Å². The number of anilines is 1. The lowest BCUT2D eigenvalue weighted by atomic mass is 10.1. The van der Waals surface area contributed by atoms with Crippen molar-refractivity contribution < 1.29 is 27.1 Å². The lowest BCUT2D eigenvalue weighted by Gasteiger charge is -2.13. The molecular formula is C22H14ClF4N5O2S. The highest BCUT2D eigenvalue weighted by atomic mass is 35.5. The number of hydrogen-bond acceptors (Lipinski definition) is 5. The van der Waals surface area contributed by atoms with Gasteiger partial charge in [-0.3, -0.25) is 10.1 Å². The molecule has 0 spiro atoms. The first-order valence-electron chi connectivity index (χ1n) is 9.76. The third-order valence-corrected chi connectivity index (χ3v) is 5.38. The van der Waals surface area contributed by atoms with Crippen LogP contribution in [0.4, 0.5) is 23.2 Å². The summed E-state index contributed by atoms with van der Waals surface area (Å²) in [6, 6.07) is 10.5. The van der Waals surface area contributed by atoms with E-state index in [4.69, 9.17) is 23.8 Å². The molecule has 4 rings (SSSR count). The van der Waals surface area contributed by atoms with Crippen LogP contribution in [0.15, 0.2) is 36.4 Å². The third-order valence-electron chi connectivity index (χ3n) is 4.86. The van der Waals surface area contributed by atoms with Crippen LogP contribution < -0.4 is 15.4 Å². The van der Waals surface area contributed by atoms with E-state index in [0.29, 0.717) is 16.7 Å². The first-order chi connectivity index (χ1) is 16.6. The number of hydrogen-bond donors (Lipinski definition) is 2. The van der Waals surface area contributed by atoms with Crippen molar-refractivity contribution in [3.05, 3.63) is 75.8 Å². The first kappa shape index (κ1) is 24.4. The van der Waals surface area contributed by atoms with Crippen molar-refractivity contribution in [1.82, 2.24) is 20.3 Å². The van der Waals surface area contributed by atoms with E-state index in [1.165, 1.54) is 16.9 Å². The van der Waals surface area contributed by atoms with E-state index < -0.39 is 45.6 Å². The maximum absolute atomic E-state index is 14.2. The quantitative estimate of drug-likeness (QED) is 0.221. The molecule has 0 saturated heterocycles. The van der Waals surface area contributed by atoms with Gasteiger partial charge >= 0.3 is 0 Å². The Hall–Kier alpha value is -3.77. The van der Waals surface area contributed by atoms with Crippen molar-refractivity contribution in [1.29, 1.82) is 0 Å². The number of carbonyl (C=O) groups is 1. The average Bonchev–Trinajstić information content (AvgIpc) is 3.21. The monoisotopic (exact) mass is 523 g/mol. The Morgan fingerprint density at radius 2 is 1.57 bits per heavy atom. The largest absolute Gasteiger partial charge is 0.491 e. The van der Waals surface area contributed by atoms with Crippen LogP contribution in [-0.4, -0.2) is 33.1 Å². The Balaban J connectivity index is 1.57. The number of nitrogens with one attached hydrogen (secondary N) is 2. The summed E-state index contributed by atoms with van der Waals surface area (Å²) in [7, 11) is 0.819. The van der Waals surface area contributed by atoms with Gasteiger partial charge in [0.2, 0.25) is 11.6 Å². The fourth-order valence-electron chi connectivity index (χ4n) is 3.14. The van der Waals surface area contributed by atoms with Crippen LogP contribution >= 0.6 is 23.8 Å². The number of nitrogens with zero attached hydrogens (tertiary/aromatic N) is 3. The molecule has 1 amide bonds. The average molecular weight is 524 g/mol. The molecule has 4 aromatic rings. The number of halogens is 5. The van der Waals surface area contributed by atoms with Gasteiger partial charge < -0.3 is 10.1 Å². The molecule has 0 unspecified atom stereocenters. The zero-order valence-electron chi connectivity index (χ0n) is 17.9. The van der Waals surface area contributed by atoms with Crippen molar-refractivity contribution in [3.8, 4) is 11.4 Å². The van der Waals surface area contributed by atoms with Gasteiger partial charge in [-0.2, -0.15) is 13.6 Å². The predicted molar refractivity (Wildman–Crippen MR) is 125 cm³/mol. The molecule has 7 nitrogen and oxygen atoms in total. The Morgan fingerprint density at radius 1 is 1.00 bits per heavy atom. The fourth-order valence-corrected chi connectivity index (χ4v) is 3.54. The van der Waals surface area contributed by atoms with Gasteiger partial charge in [-0.05, 0) is 43.4 Å². The fraction of sp³-hybridized carbons (Fsp3) is 0.0909. The predicted octanol–water partition coefficient (Wildman–Crippen LogP) is 5.07. The molecule has 180 valence electrons. The second kappa shape index (κ2) is 9.47. The molecule has 13 heteroatoms. The molecule has 0 saturated carbocycles. The first-order valence-corrected chi connectivity index (χ1v) is 10.5. The number of benzene rings is 3. The highest BCUT2D eigenvalue weighted by Crippen LogP contribution is 2.30. The van der Waals surface area contributed by atoms with Gasteiger partial charge in [-0.1, -0.05) is 29.3 Å². The van der Waals surface area contributed by atoms with Crippen LogP contribution in [0.25, 0.3) is 16.7 Å². The van der Waals surface area contributed by atoms with Gasteiger partial charge in [0.1, 0.15) is 16.6 Å². The molecule has 2 N–H and O–H groups in total. The zero-order valence-corrected chi connectivity index (χ0v) is 19.5. The molecule has 3 aromatic carbocycles. The molecule has 0 fully saturated rings. The van der Waals surface area contributed by atoms with Gasteiger partial charge in [0.15, 0.2) is 22.5 Å². The van der Waals surface area contributed by atoms with Crippen molar-refractivity contribution in [3.63, 3.8) is 0 Å². The minimum atomic E-state index is -1.94. The Kier molecular flexibility index (Phi) is 6.59. The van der Waals surface area contributed by atoms with Gasteiger partial charge in [0.05, 0.1) is 23.5 Å². The topological polar surface area (TPSA) is 81.1 Å². The van der Waals surface area contributed by atoms with E-state index in [-0.39, 0.29) is 10.7 Å². The highest BCUT2D eigenvalue weighted by Gasteiger charge is 2.30. The zero-order chi connectivity index (χ0) is 25.4. The van der Waals surface area contributed by atoms with E-state index >= 15 is 0 Å². The minimum absolute atomic E-state index is 0.143. The van der Waals surface area contributed by atoms with E-state index in [1.54, 1.807) is 0 Å². The van der Waals surface area contributed by atoms with E-state index in [0.717, 1.165) is 12.7 Å². The molecular weight excluding hydrogens is 510 g/mol. The lowest BCUT2D eigenvalue weighted by Crippen LogP contribution is -2.35. The van der Waals surface area contributed by atoms with Crippen molar-refractivity contribution >= 4 is 51.6 Å². The third kappa shape index (κ3) is 4.62. The molecule has 0 aliphatic carbocycles. The summed E-state index contributed by atoms with van der Waals surface area (Å²) in [5.41, 5.74) is 1.34.